The number of aryl methyl sites for hydroxylation is 4. The molecule has 66 heavy (non-hydrogen) atoms. The molecule has 1 fully saturated rings. The van der Waals surface area contributed by atoms with E-state index in [2.05, 4.69) is 83.8 Å². The molecule has 1 aliphatic carbocycles. The van der Waals surface area contributed by atoms with Crippen molar-refractivity contribution >= 4 is 32.7 Å². The molecule has 3 aromatic heterocycles. The average molecular weight is 1060 g/mol. The van der Waals surface area contributed by atoms with Gasteiger partial charge in [0.25, 0.3) is 0 Å². The molecule has 334 valence electrons. The normalized spacial score (nSPS) is 18.8. The van der Waals surface area contributed by atoms with Crippen LogP contribution >= 0.6 is 0 Å². The molecule has 0 amide bonds. The molecule has 5 heteroatoms. The van der Waals surface area contributed by atoms with Crippen LogP contribution in [0.1, 0.15) is 107 Å². The summed E-state index contributed by atoms with van der Waals surface area (Å²) in [6, 6.07) is 40.3. The molecule has 1 aliphatic rings. The van der Waals surface area contributed by atoms with Crippen molar-refractivity contribution in [3.05, 3.63) is 167 Å². The van der Waals surface area contributed by atoms with E-state index in [4.69, 9.17) is 26.5 Å². The van der Waals surface area contributed by atoms with Crippen LogP contribution in [0.25, 0.3) is 77.5 Å². The fraction of sp³-hybridized carbons (Fsp3) is 0.279. The summed E-state index contributed by atoms with van der Waals surface area (Å²) in [4.78, 5) is 9.42. The number of hydrogen-bond acceptors (Lipinski definition) is 4. The van der Waals surface area contributed by atoms with E-state index < -0.39 is 37.6 Å². The zero-order valence-electron chi connectivity index (χ0n) is 48.5. The van der Waals surface area contributed by atoms with Crippen LogP contribution in [0, 0.1) is 62.8 Å². The zero-order valence-corrected chi connectivity index (χ0v) is 40.8. The van der Waals surface area contributed by atoms with Crippen molar-refractivity contribution in [2.75, 3.05) is 0 Å². The Bertz CT molecular complexity index is 3720. The summed E-state index contributed by atoms with van der Waals surface area (Å²) >= 11 is 0. The molecule has 4 nitrogen and oxygen atoms in total. The van der Waals surface area contributed by atoms with Gasteiger partial charge in [-0.2, -0.15) is 0 Å². The van der Waals surface area contributed by atoms with Crippen molar-refractivity contribution in [1.29, 1.82) is 0 Å². The van der Waals surface area contributed by atoms with Crippen LogP contribution in [0.3, 0.4) is 0 Å². The molecule has 0 radical (unpaired) electrons. The van der Waals surface area contributed by atoms with E-state index >= 15 is 0 Å². The maximum absolute atomic E-state index is 9.99. The fourth-order valence-corrected chi connectivity index (χ4v) is 9.92. The smallest absolute Gasteiger partial charge is 0.500 e. The molecular weight excluding hydrogens is 988 g/mol. The Labute approximate surface area is 419 Å². The summed E-state index contributed by atoms with van der Waals surface area (Å²) < 4.78 is 99.5. The molecule has 0 N–H and O–H groups in total. The van der Waals surface area contributed by atoms with Crippen LogP contribution in [0.5, 0.6) is 11.5 Å². The second-order valence-electron chi connectivity index (χ2n) is 19.7. The standard InChI is InChI=1S/C61H58N2O2.Pt/c1-36-26-54(62-34-38(36)3)44-27-51(41-17-13-12-14-18-41)40(5)56(28-44)64-46-29-52-49-24-21-42-19-15-16-20-48(42)57(49)65-58(52)53(30-46)55-31-50(39(4)35-63-55)47-23-22-43(25-37(47)2)45-32-59(6,7)61(10,11)60(8,9)33-45;/h12-27,29,31,34-35,45H,32-33H2,1-11H3;/q-2;+2/i1D3,3D3,5D3,45D;. The van der Waals surface area contributed by atoms with E-state index in [0.717, 1.165) is 63.0 Å². The monoisotopic (exact) mass is 1060 g/mol. The SMILES string of the molecule is [2H]C([2H])([2H])c1cnc(-c2[c-]c(Oc3[c-]c(-c4cc(-c5ccc(C6([2H])CC(C)(C)C(C)(C)C(C)(C)C6)cc5C)c(C)cn4)c4oc5c6ccccc6ccc5c4c3)c(C([2H])([2H])[2H])c(-c3ccccc3)c2)cc1C([2H])([2H])[2H].[Pt+2]. The number of ether oxygens (including phenoxy) is 1. The predicted octanol–water partition coefficient (Wildman–Crippen LogP) is 17.1. The van der Waals surface area contributed by atoms with Crippen LogP contribution in [-0.4, -0.2) is 9.97 Å². The molecule has 9 aromatic rings. The summed E-state index contributed by atoms with van der Waals surface area (Å²) in [6.45, 7) is 9.60. The van der Waals surface area contributed by atoms with Crippen LogP contribution in [0.15, 0.2) is 126 Å². The first kappa shape index (κ1) is 34.5. The number of benzene rings is 6. The van der Waals surface area contributed by atoms with Gasteiger partial charge in [-0.05, 0) is 118 Å². The zero-order chi connectivity index (χ0) is 54.0. The third kappa shape index (κ3) is 7.70. The van der Waals surface area contributed by atoms with Crippen molar-refractivity contribution in [2.45, 2.75) is 94.7 Å². The minimum absolute atomic E-state index is 0. The molecule has 3 heterocycles. The largest absolute Gasteiger partial charge is 2.00 e. The number of hydrogen-bond donors (Lipinski definition) is 0. The Hall–Kier alpha value is -5.83. The minimum atomic E-state index is -2.82. The average Bonchev–Trinajstić information content (AvgIpc) is 3.74. The molecule has 6 aromatic carbocycles. The Balaban J connectivity index is 0.00000706. The molecule has 10 rings (SSSR count). The first-order chi connectivity index (χ1) is 35.0. The van der Waals surface area contributed by atoms with E-state index in [1.54, 1.807) is 42.5 Å². The number of nitrogens with zero attached hydrogens (tertiary/aromatic N) is 2. The minimum Gasteiger partial charge on any atom is -0.500 e. The Morgan fingerprint density at radius 1 is 0.636 bits per heavy atom. The van der Waals surface area contributed by atoms with Gasteiger partial charge < -0.3 is 19.1 Å². The van der Waals surface area contributed by atoms with Gasteiger partial charge in [-0.25, -0.2) is 0 Å². The van der Waals surface area contributed by atoms with Crippen LogP contribution < -0.4 is 4.74 Å². The van der Waals surface area contributed by atoms with Gasteiger partial charge >= 0.3 is 21.1 Å². The summed E-state index contributed by atoms with van der Waals surface area (Å²) in [5, 5.41) is 3.30. The molecule has 0 spiro atoms. The maximum Gasteiger partial charge on any atom is 2.00 e. The van der Waals surface area contributed by atoms with Gasteiger partial charge in [0, 0.05) is 48.4 Å². The summed E-state index contributed by atoms with van der Waals surface area (Å²) in [6.07, 6.45) is 4.31. The van der Waals surface area contributed by atoms with E-state index in [9.17, 15) is 1.37 Å². The summed E-state index contributed by atoms with van der Waals surface area (Å²) in [5.74, 6) is -0.861. The summed E-state index contributed by atoms with van der Waals surface area (Å²) in [5.41, 5.74) is 6.81. The number of furan rings is 1. The van der Waals surface area contributed by atoms with E-state index in [0.29, 0.717) is 33.4 Å². The van der Waals surface area contributed by atoms with E-state index in [-0.39, 0.29) is 71.2 Å². The number of rotatable bonds is 7. The third-order valence-electron chi connectivity index (χ3n) is 14.9. The van der Waals surface area contributed by atoms with Crippen LogP contribution in [-0.2, 0) is 21.1 Å². The molecular formula is C61H58N2O2Pt. The van der Waals surface area contributed by atoms with Gasteiger partial charge in [0.1, 0.15) is 5.58 Å². The van der Waals surface area contributed by atoms with Gasteiger partial charge in [-0.15, -0.1) is 11.6 Å². The van der Waals surface area contributed by atoms with Gasteiger partial charge in [-0.3, -0.25) is 0 Å². The molecule has 0 atom stereocenters. The Morgan fingerprint density at radius 3 is 2.11 bits per heavy atom. The Morgan fingerprint density at radius 2 is 1.36 bits per heavy atom. The van der Waals surface area contributed by atoms with Crippen molar-refractivity contribution < 1.29 is 43.9 Å². The number of aromatic nitrogens is 2. The molecule has 1 saturated carbocycles. The first-order valence-electron chi connectivity index (χ1n) is 27.2. The maximum atomic E-state index is 9.99. The molecule has 0 saturated heterocycles. The van der Waals surface area contributed by atoms with Gasteiger partial charge in [0.15, 0.2) is 0 Å². The van der Waals surface area contributed by atoms with Gasteiger partial charge in [-0.1, -0.05) is 191 Å². The number of fused-ring (bicyclic) bond motifs is 5. The van der Waals surface area contributed by atoms with Crippen molar-refractivity contribution in [3.63, 3.8) is 0 Å². The summed E-state index contributed by atoms with van der Waals surface area (Å²) in [7, 11) is 0. The molecule has 0 aliphatic heterocycles. The quantitative estimate of drug-likeness (QED) is 0.149. The van der Waals surface area contributed by atoms with Crippen molar-refractivity contribution in [3.8, 4) is 56.3 Å². The van der Waals surface area contributed by atoms with Gasteiger partial charge in [0.05, 0.1) is 5.58 Å². The Kier molecular flexibility index (Phi) is 8.77. The molecule has 0 bridgehead atoms. The van der Waals surface area contributed by atoms with Crippen molar-refractivity contribution in [1.82, 2.24) is 9.97 Å². The topological polar surface area (TPSA) is 48.2 Å². The van der Waals surface area contributed by atoms with Crippen LogP contribution in [0.2, 0.25) is 0 Å². The van der Waals surface area contributed by atoms with Crippen LogP contribution in [0.4, 0.5) is 0 Å². The van der Waals surface area contributed by atoms with Gasteiger partial charge in [0.2, 0.25) is 0 Å². The second-order valence-corrected chi connectivity index (χ2v) is 19.7. The predicted molar refractivity (Wildman–Crippen MR) is 270 cm³/mol. The van der Waals surface area contributed by atoms with E-state index in [1.165, 1.54) is 6.07 Å². The van der Waals surface area contributed by atoms with Crippen molar-refractivity contribution in [2.24, 2.45) is 16.2 Å². The second kappa shape index (κ2) is 16.8. The van der Waals surface area contributed by atoms with E-state index in [1.807, 2.05) is 55.6 Å². The number of pyridine rings is 2. The molecule has 0 unspecified atom stereocenters. The first-order valence-corrected chi connectivity index (χ1v) is 22.2. The fourth-order valence-electron chi connectivity index (χ4n) is 9.92. The third-order valence-corrected chi connectivity index (χ3v) is 14.9.